The lowest BCUT2D eigenvalue weighted by atomic mass is 10.2. The third-order valence-electron chi connectivity index (χ3n) is 2.79. The Hall–Kier alpha value is -1.12. The fourth-order valence-corrected chi connectivity index (χ4v) is 2.84. The number of benzene rings is 1. The molecule has 0 aliphatic rings. The van der Waals surface area contributed by atoms with Gasteiger partial charge in [0.15, 0.2) is 0 Å². The number of hydrogen-bond donors (Lipinski definition) is 1. The van der Waals surface area contributed by atoms with E-state index in [2.05, 4.69) is 5.32 Å². The first-order valence-electron chi connectivity index (χ1n) is 6.41. The topological polar surface area (TPSA) is 49.4 Å². The number of nitrogens with zero attached hydrogens (tertiary/aromatic N) is 1. The van der Waals surface area contributed by atoms with Gasteiger partial charge in [-0.3, -0.25) is 0 Å². The second-order valence-corrected chi connectivity index (χ2v) is 6.99. The van der Waals surface area contributed by atoms with E-state index in [4.69, 9.17) is 0 Å². The summed E-state index contributed by atoms with van der Waals surface area (Å²) >= 11 is 0. The first-order valence-corrected chi connectivity index (χ1v) is 7.85. The largest absolute Gasteiger partial charge is 0.310 e. The maximum atomic E-state index is 13.9. The van der Waals surface area contributed by atoms with Gasteiger partial charge in [0.2, 0.25) is 10.0 Å². The van der Waals surface area contributed by atoms with Crippen LogP contribution >= 0.6 is 0 Å². The SMILES string of the molecule is CC(C)NCc1ccc(S(=O)(=O)N(C)CC(F)F)c(F)c1. The van der Waals surface area contributed by atoms with E-state index in [0.717, 1.165) is 19.2 Å². The molecule has 8 heteroatoms. The molecule has 0 heterocycles. The second-order valence-electron chi connectivity index (χ2n) is 4.98. The smallest absolute Gasteiger partial charge is 0.252 e. The molecule has 1 N–H and O–H groups in total. The van der Waals surface area contributed by atoms with Crippen LogP contribution < -0.4 is 5.32 Å². The molecule has 1 aromatic carbocycles. The van der Waals surface area contributed by atoms with Crippen LogP contribution in [0.2, 0.25) is 0 Å². The van der Waals surface area contributed by atoms with Crippen molar-refractivity contribution in [1.29, 1.82) is 0 Å². The van der Waals surface area contributed by atoms with Crippen LogP contribution in [0.1, 0.15) is 19.4 Å². The van der Waals surface area contributed by atoms with Crippen molar-refractivity contribution in [3.8, 4) is 0 Å². The van der Waals surface area contributed by atoms with E-state index >= 15 is 0 Å². The van der Waals surface area contributed by atoms with Crippen LogP contribution in [0.3, 0.4) is 0 Å². The zero-order chi connectivity index (χ0) is 16.2. The molecule has 0 atom stereocenters. The molecule has 0 aliphatic carbocycles. The lowest BCUT2D eigenvalue weighted by Gasteiger charge is -2.17. The predicted molar refractivity (Wildman–Crippen MR) is 74.2 cm³/mol. The molecule has 4 nitrogen and oxygen atoms in total. The molecular weight excluding hydrogens is 305 g/mol. The van der Waals surface area contributed by atoms with E-state index in [1.807, 2.05) is 13.8 Å². The first-order chi connectivity index (χ1) is 9.64. The van der Waals surface area contributed by atoms with Crippen LogP contribution in [0.15, 0.2) is 23.1 Å². The van der Waals surface area contributed by atoms with Crippen LogP contribution in [0, 0.1) is 5.82 Å². The molecule has 0 radical (unpaired) electrons. The van der Waals surface area contributed by atoms with Crippen molar-refractivity contribution in [2.24, 2.45) is 0 Å². The Kier molecular flexibility index (Phi) is 6.18. The average molecular weight is 324 g/mol. The zero-order valence-corrected chi connectivity index (χ0v) is 12.9. The Labute approximate surface area is 123 Å². The molecule has 0 amide bonds. The minimum absolute atomic E-state index is 0.202. The lowest BCUT2D eigenvalue weighted by Crippen LogP contribution is -2.32. The van der Waals surface area contributed by atoms with E-state index in [1.165, 1.54) is 6.07 Å². The summed E-state index contributed by atoms with van der Waals surface area (Å²) in [5, 5.41) is 3.07. The molecule has 0 spiro atoms. The molecule has 1 rings (SSSR count). The minimum Gasteiger partial charge on any atom is -0.310 e. The van der Waals surface area contributed by atoms with E-state index in [9.17, 15) is 21.6 Å². The van der Waals surface area contributed by atoms with Crippen molar-refractivity contribution in [3.63, 3.8) is 0 Å². The number of nitrogens with one attached hydrogen (secondary N) is 1. The summed E-state index contributed by atoms with van der Waals surface area (Å²) in [5.41, 5.74) is 0.580. The second kappa shape index (κ2) is 7.24. The number of halogens is 3. The summed E-state index contributed by atoms with van der Waals surface area (Å²) in [6.07, 6.45) is -2.82. The first kappa shape index (κ1) is 17.9. The molecule has 21 heavy (non-hydrogen) atoms. The Morgan fingerprint density at radius 3 is 2.38 bits per heavy atom. The molecule has 0 saturated heterocycles. The van der Waals surface area contributed by atoms with Crippen molar-refractivity contribution in [2.45, 2.75) is 37.8 Å². The molecule has 0 aliphatic heterocycles. The summed E-state index contributed by atoms with van der Waals surface area (Å²) in [5.74, 6) is -0.945. The van der Waals surface area contributed by atoms with Crippen LogP contribution in [0.5, 0.6) is 0 Å². The maximum absolute atomic E-state index is 13.9. The monoisotopic (exact) mass is 324 g/mol. The van der Waals surface area contributed by atoms with E-state index < -0.39 is 33.7 Å². The quantitative estimate of drug-likeness (QED) is 0.836. The fraction of sp³-hybridized carbons (Fsp3) is 0.538. The van der Waals surface area contributed by atoms with Gasteiger partial charge in [-0.05, 0) is 17.7 Å². The van der Waals surface area contributed by atoms with Crippen LogP contribution in [0.25, 0.3) is 0 Å². The van der Waals surface area contributed by atoms with Crippen molar-refractivity contribution >= 4 is 10.0 Å². The fourth-order valence-electron chi connectivity index (χ4n) is 1.65. The molecule has 0 aromatic heterocycles. The zero-order valence-electron chi connectivity index (χ0n) is 12.1. The Balaban J connectivity index is 2.98. The Morgan fingerprint density at radius 2 is 1.90 bits per heavy atom. The van der Waals surface area contributed by atoms with Gasteiger partial charge in [-0.15, -0.1) is 0 Å². The van der Waals surface area contributed by atoms with Gasteiger partial charge in [-0.1, -0.05) is 19.9 Å². The predicted octanol–water partition coefficient (Wildman–Crippen LogP) is 2.21. The third-order valence-corrected chi connectivity index (χ3v) is 4.65. The van der Waals surface area contributed by atoms with Gasteiger partial charge in [0, 0.05) is 19.6 Å². The van der Waals surface area contributed by atoms with Gasteiger partial charge in [0.1, 0.15) is 10.7 Å². The van der Waals surface area contributed by atoms with Gasteiger partial charge < -0.3 is 5.32 Å². The van der Waals surface area contributed by atoms with Crippen LogP contribution in [-0.2, 0) is 16.6 Å². The number of rotatable bonds is 7. The third kappa shape index (κ3) is 4.98. The van der Waals surface area contributed by atoms with Crippen molar-refractivity contribution < 1.29 is 21.6 Å². The highest BCUT2D eigenvalue weighted by atomic mass is 32.2. The van der Waals surface area contributed by atoms with E-state index in [-0.39, 0.29) is 6.04 Å². The van der Waals surface area contributed by atoms with Gasteiger partial charge >= 0.3 is 0 Å². The van der Waals surface area contributed by atoms with Crippen LogP contribution in [0.4, 0.5) is 13.2 Å². The normalized spacial score (nSPS) is 12.6. The summed E-state index contributed by atoms with van der Waals surface area (Å²) in [6, 6.07) is 3.86. The Bertz CT molecular complexity index is 577. The summed E-state index contributed by atoms with van der Waals surface area (Å²) in [4.78, 5) is -0.598. The van der Waals surface area contributed by atoms with Gasteiger partial charge in [-0.25, -0.2) is 21.6 Å². The molecule has 120 valence electrons. The molecule has 0 unspecified atom stereocenters. The molecule has 0 saturated carbocycles. The standard InChI is InChI=1S/C13H19F3N2O2S/c1-9(2)17-7-10-4-5-12(11(14)6-10)21(19,20)18(3)8-13(15)16/h4-6,9,13,17H,7-8H2,1-3H3. The lowest BCUT2D eigenvalue weighted by molar-refractivity contribution is 0.126. The van der Waals surface area contributed by atoms with Gasteiger partial charge in [0.05, 0.1) is 6.54 Å². The van der Waals surface area contributed by atoms with Crippen molar-refractivity contribution in [3.05, 3.63) is 29.6 Å². The maximum Gasteiger partial charge on any atom is 0.252 e. The highest BCUT2D eigenvalue weighted by Gasteiger charge is 2.26. The van der Waals surface area contributed by atoms with Gasteiger partial charge in [-0.2, -0.15) is 4.31 Å². The number of hydrogen-bond acceptors (Lipinski definition) is 3. The summed E-state index contributed by atoms with van der Waals surface area (Å²) < 4.78 is 62.9. The summed E-state index contributed by atoms with van der Waals surface area (Å²) in [7, 11) is -3.26. The molecule has 1 aromatic rings. The highest BCUT2D eigenvalue weighted by Crippen LogP contribution is 2.20. The average Bonchev–Trinajstić information content (AvgIpc) is 2.35. The number of sulfonamides is 1. The van der Waals surface area contributed by atoms with Crippen molar-refractivity contribution in [2.75, 3.05) is 13.6 Å². The molecule has 0 fully saturated rings. The Morgan fingerprint density at radius 1 is 1.29 bits per heavy atom. The highest BCUT2D eigenvalue weighted by molar-refractivity contribution is 7.89. The minimum atomic E-state index is -4.25. The van der Waals surface area contributed by atoms with Crippen molar-refractivity contribution in [1.82, 2.24) is 9.62 Å². The van der Waals surface area contributed by atoms with Gasteiger partial charge in [0.25, 0.3) is 6.43 Å². The van der Waals surface area contributed by atoms with E-state index in [1.54, 1.807) is 0 Å². The van der Waals surface area contributed by atoms with E-state index in [0.29, 0.717) is 16.4 Å². The number of alkyl halides is 2. The molecule has 0 bridgehead atoms. The summed E-state index contributed by atoms with van der Waals surface area (Å²) in [6.45, 7) is 3.27. The molecular formula is C13H19F3N2O2S. The van der Waals surface area contributed by atoms with Crippen LogP contribution in [-0.4, -0.2) is 38.8 Å².